The minimum Gasteiger partial charge on any atom is -0.338 e. The lowest BCUT2D eigenvalue weighted by Gasteiger charge is -2.17. The van der Waals surface area contributed by atoms with Crippen molar-refractivity contribution in [1.82, 2.24) is 4.90 Å². The van der Waals surface area contributed by atoms with Crippen molar-refractivity contribution >= 4 is 29.1 Å². The summed E-state index contributed by atoms with van der Waals surface area (Å²) in [5.74, 6) is -1.52. The third kappa shape index (κ3) is 4.17. The van der Waals surface area contributed by atoms with Crippen LogP contribution in [-0.2, 0) is 16.1 Å². The van der Waals surface area contributed by atoms with Crippen LogP contribution in [0.25, 0.3) is 0 Å². The van der Waals surface area contributed by atoms with E-state index in [1.165, 1.54) is 12.1 Å². The van der Waals surface area contributed by atoms with E-state index in [1.807, 2.05) is 31.2 Å². The highest BCUT2D eigenvalue weighted by Gasteiger charge is 2.34. The summed E-state index contributed by atoms with van der Waals surface area (Å²) < 4.78 is 13.8. The number of carbonyl (C=O) groups is 2. The van der Waals surface area contributed by atoms with Crippen LogP contribution in [0.5, 0.6) is 0 Å². The Kier molecular flexibility index (Phi) is 5.04. The molecule has 130 valence electrons. The maximum absolute atomic E-state index is 13.8. The Bertz CT molecular complexity index is 808. The average Bonchev–Trinajstić information content (AvgIpc) is 2.93. The van der Waals surface area contributed by atoms with Gasteiger partial charge in [-0.1, -0.05) is 41.4 Å². The molecule has 2 amide bonds. The van der Waals surface area contributed by atoms with Gasteiger partial charge < -0.3 is 10.2 Å². The maximum Gasteiger partial charge on any atom is 0.229 e. The first-order chi connectivity index (χ1) is 11.9. The molecule has 1 aliphatic heterocycles. The summed E-state index contributed by atoms with van der Waals surface area (Å²) in [6.45, 7) is 2.80. The molecule has 0 aliphatic carbocycles. The fourth-order valence-corrected chi connectivity index (χ4v) is 3.00. The van der Waals surface area contributed by atoms with E-state index in [-0.39, 0.29) is 28.9 Å². The molecule has 0 saturated carbocycles. The normalized spacial score (nSPS) is 17.0. The Hall–Kier alpha value is -2.40. The molecule has 1 N–H and O–H groups in total. The molecule has 1 heterocycles. The van der Waals surface area contributed by atoms with Crippen LogP contribution in [0, 0.1) is 18.7 Å². The number of likely N-dealkylation sites (tertiary alicyclic amines) is 1. The Balaban J connectivity index is 1.63. The summed E-state index contributed by atoms with van der Waals surface area (Å²) >= 11 is 5.70. The van der Waals surface area contributed by atoms with Gasteiger partial charge in [-0.05, 0) is 30.7 Å². The van der Waals surface area contributed by atoms with E-state index in [9.17, 15) is 14.0 Å². The van der Waals surface area contributed by atoms with Crippen LogP contribution < -0.4 is 5.32 Å². The predicted molar refractivity (Wildman–Crippen MR) is 94.7 cm³/mol. The number of anilines is 1. The maximum atomic E-state index is 13.8. The van der Waals surface area contributed by atoms with Gasteiger partial charge in [-0.15, -0.1) is 0 Å². The molecule has 3 rings (SSSR count). The van der Waals surface area contributed by atoms with Crippen molar-refractivity contribution < 1.29 is 14.0 Å². The molecule has 25 heavy (non-hydrogen) atoms. The molecule has 2 aromatic carbocycles. The third-order valence-corrected chi connectivity index (χ3v) is 4.50. The standard InChI is InChI=1S/C19H18ClFN2O2/c1-12-2-4-13(5-3-12)10-23-11-14(8-18(23)24)19(25)22-17-7-6-15(20)9-16(17)21/h2-7,9,14H,8,10-11H2,1H3,(H,22,25)/t14-/m0/s1. The number of amides is 2. The molecular weight excluding hydrogens is 343 g/mol. The minimum absolute atomic E-state index is 0.0684. The molecule has 0 unspecified atom stereocenters. The Morgan fingerprint density at radius 1 is 1.28 bits per heavy atom. The molecule has 1 aliphatic rings. The molecule has 0 aromatic heterocycles. The first-order valence-electron chi connectivity index (χ1n) is 8.01. The zero-order valence-electron chi connectivity index (χ0n) is 13.8. The summed E-state index contributed by atoms with van der Waals surface area (Å²) in [6, 6.07) is 12.0. The van der Waals surface area contributed by atoms with E-state index >= 15 is 0 Å². The van der Waals surface area contributed by atoms with Crippen LogP contribution in [-0.4, -0.2) is 23.3 Å². The highest BCUT2D eigenvalue weighted by Crippen LogP contribution is 2.24. The van der Waals surface area contributed by atoms with E-state index in [1.54, 1.807) is 4.90 Å². The van der Waals surface area contributed by atoms with Crippen molar-refractivity contribution in [2.24, 2.45) is 5.92 Å². The van der Waals surface area contributed by atoms with Gasteiger partial charge in [-0.25, -0.2) is 4.39 Å². The number of hydrogen-bond donors (Lipinski definition) is 1. The first kappa shape index (κ1) is 17.4. The van der Waals surface area contributed by atoms with Gasteiger partial charge in [-0.3, -0.25) is 9.59 Å². The van der Waals surface area contributed by atoms with Gasteiger partial charge in [-0.2, -0.15) is 0 Å². The largest absolute Gasteiger partial charge is 0.338 e. The van der Waals surface area contributed by atoms with E-state index in [0.717, 1.165) is 17.2 Å². The van der Waals surface area contributed by atoms with Gasteiger partial charge in [0.2, 0.25) is 11.8 Å². The lowest BCUT2D eigenvalue weighted by atomic mass is 10.1. The quantitative estimate of drug-likeness (QED) is 0.902. The number of carbonyl (C=O) groups excluding carboxylic acids is 2. The Morgan fingerprint density at radius 2 is 2.00 bits per heavy atom. The second kappa shape index (κ2) is 7.23. The second-order valence-corrected chi connectivity index (χ2v) is 6.71. The zero-order valence-corrected chi connectivity index (χ0v) is 14.5. The fourth-order valence-electron chi connectivity index (χ4n) is 2.84. The zero-order chi connectivity index (χ0) is 18.0. The molecule has 1 atom stereocenters. The first-order valence-corrected chi connectivity index (χ1v) is 8.39. The predicted octanol–water partition coefficient (Wildman–Crippen LogP) is 3.77. The Morgan fingerprint density at radius 3 is 2.68 bits per heavy atom. The molecule has 1 saturated heterocycles. The number of nitrogens with one attached hydrogen (secondary N) is 1. The monoisotopic (exact) mass is 360 g/mol. The third-order valence-electron chi connectivity index (χ3n) is 4.27. The van der Waals surface area contributed by atoms with Gasteiger partial charge in [0.15, 0.2) is 0 Å². The van der Waals surface area contributed by atoms with Crippen molar-refractivity contribution in [2.75, 3.05) is 11.9 Å². The van der Waals surface area contributed by atoms with Crippen LogP contribution in [0.15, 0.2) is 42.5 Å². The van der Waals surface area contributed by atoms with Gasteiger partial charge in [0.25, 0.3) is 0 Å². The van der Waals surface area contributed by atoms with Gasteiger partial charge in [0.1, 0.15) is 5.82 Å². The molecule has 0 spiro atoms. The van der Waals surface area contributed by atoms with Crippen LogP contribution in [0.3, 0.4) is 0 Å². The summed E-state index contributed by atoms with van der Waals surface area (Å²) in [7, 11) is 0. The van der Waals surface area contributed by atoms with Crippen molar-refractivity contribution in [1.29, 1.82) is 0 Å². The molecule has 0 radical (unpaired) electrons. The Labute approximate surface area is 150 Å². The van der Waals surface area contributed by atoms with Crippen LogP contribution >= 0.6 is 11.6 Å². The van der Waals surface area contributed by atoms with Crippen molar-refractivity contribution in [3.63, 3.8) is 0 Å². The number of rotatable bonds is 4. The highest BCUT2D eigenvalue weighted by molar-refractivity contribution is 6.30. The molecule has 0 bridgehead atoms. The summed E-state index contributed by atoms with van der Waals surface area (Å²) in [4.78, 5) is 26.2. The second-order valence-electron chi connectivity index (χ2n) is 6.27. The van der Waals surface area contributed by atoms with Gasteiger partial charge in [0.05, 0.1) is 11.6 Å². The van der Waals surface area contributed by atoms with Crippen molar-refractivity contribution in [3.05, 3.63) is 64.4 Å². The molecule has 6 heteroatoms. The minimum atomic E-state index is -0.596. The van der Waals surface area contributed by atoms with Crippen LogP contribution in [0.4, 0.5) is 10.1 Å². The number of aryl methyl sites for hydroxylation is 1. The molecular formula is C19H18ClFN2O2. The van der Waals surface area contributed by atoms with Crippen molar-refractivity contribution in [2.45, 2.75) is 19.9 Å². The molecule has 2 aromatic rings. The lowest BCUT2D eigenvalue weighted by Crippen LogP contribution is -2.28. The lowest BCUT2D eigenvalue weighted by molar-refractivity contribution is -0.128. The highest BCUT2D eigenvalue weighted by atomic mass is 35.5. The van der Waals surface area contributed by atoms with E-state index in [0.29, 0.717) is 13.1 Å². The smallest absolute Gasteiger partial charge is 0.229 e. The van der Waals surface area contributed by atoms with E-state index in [4.69, 9.17) is 11.6 Å². The fraction of sp³-hybridized carbons (Fsp3) is 0.263. The SMILES string of the molecule is Cc1ccc(CN2C[C@@H](C(=O)Nc3ccc(Cl)cc3F)CC2=O)cc1. The summed E-state index contributed by atoms with van der Waals surface area (Å²) in [6.07, 6.45) is 0.132. The number of hydrogen-bond acceptors (Lipinski definition) is 2. The number of benzene rings is 2. The molecule has 4 nitrogen and oxygen atoms in total. The van der Waals surface area contributed by atoms with Gasteiger partial charge >= 0.3 is 0 Å². The summed E-state index contributed by atoms with van der Waals surface area (Å²) in [5, 5.41) is 2.80. The van der Waals surface area contributed by atoms with E-state index in [2.05, 4.69) is 5.32 Å². The van der Waals surface area contributed by atoms with Gasteiger partial charge in [0, 0.05) is 24.5 Å². The topological polar surface area (TPSA) is 49.4 Å². The van der Waals surface area contributed by atoms with E-state index < -0.39 is 11.7 Å². The van der Waals surface area contributed by atoms with Crippen LogP contribution in [0.2, 0.25) is 5.02 Å². The van der Waals surface area contributed by atoms with Crippen LogP contribution in [0.1, 0.15) is 17.5 Å². The van der Waals surface area contributed by atoms with Crippen molar-refractivity contribution in [3.8, 4) is 0 Å². The average molecular weight is 361 g/mol. The summed E-state index contributed by atoms with van der Waals surface area (Å²) in [5.41, 5.74) is 2.24. The number of nitrogens with zero attached hydrogens (tertiary/aromatic N) is 1. The molecule has 1 fully saturated rings. The number of halogens is 2.